The number of piperazine rings is 1. The maximum Gasteiger partial charge on any atom is 0.319 e. The molecule has 3 atom stereocenters. The van der Waals surface area contributed by atoms with E-state index in [1.807, 2.05) is 24.3 Å². The van der Waals surface area contributed by atoms with E-state index >= 15 is 4.39 Å². The van der Waals surface area contributed by atoms with Gasteiger partial charge in [-0.15, -0.1) is 0 Å². The zero-order valence-electron chi connectivity index (χ0n) is 21.8. The SMILES string of the molecule is CN1CCC1CCOc1nc(N2CC3CCC(C2)N3)c2cc(Cl)c(-c3cc(O)cc4ccccc34)c(F)c2n1. The standard InChI is InChI=1S/C30H31ClFN5O2/c1-36-10-8-20(36)9-11-39-30-34-28-24(29(35-30)37-15-18-6-7-19(16-37)33-18)14-25(31)26(27(28)32)23-13-21(38)12-17-4-2-3-5-22(17)23/h2-5,12-14,18-20,33,38H,6-11,15-16H2,1H3. The van der Waals surface area contributed by atoms with Crippen LogP contribution in [0.1, 0.15) is 25.7 Å². The van der Waals surface area contributed by atoms with Gasteiger partial charge in [-0.2, -0.15) is 9.97 Å². The highest BCUT2D eigenvalue weighted by Gasteiger charge is 2.34. The number of nitrogens with one attached hydrogen (secondary N) is 1. The van der Waals surface area contributed by atoms with Crippen molar-refractivity contribution in [3.8, 4) is 22.9 Å². The van der Waals surface area contributed by atoms with Crippen molar-refractivity contribution in [2.75, 3.05) is 38.2 Å². The minimum Gasteiger partial charge on any atom is -0.508 e. The van der Waals surface area contributed by atoms with Gasteiger partial charge < -0.3 is 25.0 Å². The molecule has 202 valence electrons. The Bertz CT molecular complexity index is 1570. The number of nitrogens with zero attached hydrogens (tertiary/aromatic N) is 4. The second kappa shape index (κ2) is 9.77. The molecular formula is C30H31ClFN5O2. The Morgan fingerprint density at radius 1 is 1.08 bits per heavy atom. The highest BCUT2D eigenvalue weighted by molar-refractivity contribution is 6.35. The molecule has 3 aromatic carbocycles. The first-order valence-electron chi connectivity index (χ1n) is 13.7. The van der Waals surface area contributed by atoms with Crippen LogP contribution < -0.4 is 15.0 Å². The largest absolute Gasteiger partial charge is 0.508 e. The van der Waals surface area contributed by atoms with Crippen molar-refractivity contribution in [1.82, 2.24) is 20.2 Å². The summed E-state index contributed by atoms with van der Waals surface area (Å²) in [5.41, 5.74) is 0.905. The fraction of sp³-hybridized carbons (Fsp3) is 0.400. The first kappa shape index (κ1) is 24.8. The Morgan fingerprint density at radius 2 is 1.87 bits per heavy atom. The van der Waals surface area contributed by atoms with Gasteiger partial charge in [0.25, 0.3) is 0 Å². The number of fused-ring (bicyclic) bond motifs is 4. The van der Waals surface area contributed by atoms with Gasteiger partial charge in [0.2, 0.25) is 0 Å². The Morgan fingerprint density at radius 3 is 2.62 bits per heavy atom. The number of phenols is 1. The van der Waals surface area contributed by atoms with E-state index in [0.29, 0.717) is 41.5 Å². The van der Waals surface area contributed by atoms with E-state index in [2.05, 4.69) is 27.1 Å². The summed E-state index contributed by atoms with van der Waals surface area (Å²) in [5.74, 6) is 0.157. The van der Waals surface area contributed by atoms with Crippen molar-refractivity contribution in [3.05, 3.63) is 53.3 Å². The Balaban J connectivity index is 1.36. The lowest BCUT2D eigenvalue weighted by Crippen LogP contribution is -2.51. The fourth-order valence-corrected chi connectivity index (χ4v) is 6.70. The minimum absolute atomic E-state index is 0.0453. The van der Waals surface area contributed by atoms with Gasteiger partial charge in [0.05, 0.1) is 11.6 Å². The van der Waals surface area contributed by atoms with Gasteiger partial charge in [0.15, 0.2) is 5.82 Å². The molecule has 3 fully saturated rings. The number of aromatic hydroxyl groups is 1. The molecule has 1 aromatic heterocycles. The molecule has 3 aliphatic rings. The lowest BCUT2D eigenvalue weighted by Gasteiger charge is -2.37. The molecule has 9 heteroatoms. The summed E-state index contributed by atoms with van der Waals surface area (Å²) in [4.78, 5) is 13.9. The highest BCUT2D eigenvalue weighted by atomic mass is 35.5. The fourth-order valence-electron chi connectivity index (χ4n) is 6.40. The number of anilines is 1. The Hall–Kier alpha value is -3.20. The van der Waals surface area contributed by atoms with Crippen molar-refractivity contribution in [2.45, 2.75) is 43.8 Å². The van der Waals surface area contributed by atoms with Gasteiger partial charge in [-0.1, -0.05) is 35.9 Å². The number of likely N-dealkylation sites (tertiary alicyclic amines) is 1. The number of aromatic nitrogens is 2. The molecule has 3 aliphatic heterocycles. The number of ether oxygens (including phenoxy) is 1. The average molecular weight is 548 g/mol. The number of hydrogen-bond acceptors (Lipinski definition) is 7. The van der Waals surface area contributed by atoms with Gasteiger partial charge in [-0.05, 0) is 73.8 Å². The Labute approximate surface area is 231 Å². The van der Waals surface area contributed by atoms with Gasteiger partial charge in [-0.3, -0.25) is 0 Å². The van der Waals surface area contributed by atoms with Crippen molar-refractivity contribution in [3.63, 3.8) is 0 Å². The first-order chi connectivity index (χ1) is 18.9. The molecule has 0 radical (unpaired) electrons. The first-order valence-corrected chi connectivity index (χ1v) is 14.1. The van der Waals surface area contributed by atoms with Crippen molar-refractivity contribution in [1.29, 1.82) is 0 Å². The molecule has 7 nitrogen and oxygen atoms in total. The highest BCUT2D eigenvalue weighted by Crippen LogP contribution is 2.43. The quantitative estimate of drug-likeness (QED) is 0.336. The third-order valence-electron chi connectivity index (χ3n) is 8.59. The number of benzene rings is 3. The molecule has 0 saturated carbocycles. The van der Waals surface area contributed by atoms with Gasteiger partial charge >= 0.3 is 6.01 Å². The van der Waals surface area contributed by atoms with Crippen LogP contribution in [0.4, 0.5) is 10.2 Å². The summed E-state index contributed by atoms with van der Waals surface area (Å²) in [7, 11) is 2.11. The minimum atomic E-state index is -0.543. The van der Waals surface area contributed by atoms with Crippen molar-refractivity contribution in [2.24, 2.45) is 0 Å². The van der Waals surface area contributed by atoms with E-state index in [1.54, 1.807) is 18.2 Å². The average Bonchev–Trinajstić information content (AvgIpc) is 3.27. The lowest BCUT2D eigenvalue weighted by atomic mass is 9.96. The predicted molar refractivity (Wildman–Crippen MR) is 152 cm³/mol. The molecule has 3 saturated heterocycles. The zero-order valence-corrected chi connectivity index (χ0v) is 22.6. The van der Waals surface area contributed by atoms with E-state index in [0.717, 1.165) is 56.1 Å². The summed E-state index contributed by atoms with van der Waals surface area (Å²) in [5, 5.41) is 16.5. The molecule has 4 aromatic rings. The zero-order chi connectivity index (χ0) is 26.7. The molecule has 0 aliphatic carbocycles. The van der Waals surface area contributed by atoms with Crippen LogP contribution in [0.5, 0.6) is 11.8 Å². The topological polar surface area (TPSA) is 73.8 Å². The van der Waals surface area contributed by atoms with Crippen LogP contribution in [0.2, 0.25) is 5.02 Å². The third-order valence-corrected chi connectivity index (χ3v) is 8.89. The van der Waals surface area contributed by atoms with E-state index in [4.69, 9.17) is 21.3 Å². The van der Waals surface area contributed by atoms with Crippen LogP contribution >= 0.6 is 11.6 Å². The molecule has 2 N–H and O–H groups in total. The molecule has 0 spiro atoms. The van der Waals surface area contributed by atoms with Gasteiger partial charge in [0.1, 0.15) is 17.1 Å². The number of hydrogen-bond donors (Lipinski definition) is 2. The van der Waals surface area contributed by atoms with Crippen molar-refractivity contribution >= 4 is 39.1 Å². The molecule has 0 amide bonds. The predicted octanol–water partition coefficient (Wildman–Crippen LogP) is 5.36. The molecular weight excluding hydrogens is 517 g/mol. The van der Waals surface area contributed by atoms with Crippen LogP contribution in [0.25, 0.3) is 32.8 Å². The number of phenolic OH excluding ortho intramolecular Hbond substituents is 1. The van der Waals surface area contributed by atoms with Crippen LogP contribution in [-0.4, -0.2) is 71.4 Å². The maximum absolute atomic E-state index is 16.6. The summed E-state index contributed by atoms with van der Waals surface area (Å²) < 4.78 is 22.6. The van der Waals surface area contributed by atoms with E-state index < -0.39 is 5.82 Å². The van der Waals surface area contributed by atoms with Crippen LogP contribution in [-0.2, 0) is 0 Å². The normalized spacial score (nSPS) is 22.9. The maximum atomic E-state index is 16.6. The van der Waals surface area contributed by atoms with Crippen LogP contribution in [0.3, 0.4) is 0 Å². The monoisotopic (exact) mass is 547 g/mol. The summed E-state index contributed by atoms with van der Waals surface area (Å²) in [6.45, 7) is 3.14. The summed E-state index contributed by atoms with van der Waals surface area (Å²) >= 11 is 6.83. The van der Waals surface area contributed by atoms with E-state index in [9.17, 15) is 5.11 Å². The van der Waals surface area contributed by atoms with Crippen LogP contribution in [0.15, 0.2) is 42.5 Å². The molecule has 4 heterocycles. The molecule has 39 heavy (non-hydrogen) atoms. The van der Waals surface area contributed by atoms with E-state index in [-0.39, 0.29) is 27.9 Å². The van der Waals surface area contributed by atoms with Crippen LogP contribution in [0, 0.1) is 5.82 Å². The second-order valence-corrected chi connectivity index (χ2v) is 11.5. The number of rotatable bonds is 6. The second-order valence-electron chi connectivity index (χ2n) is 11.1. The molecule has 7 rings (SSSR count). The third kappa shape index (κ3) is 4.44. The van der Waals surface area contributed by atoms with Gasteiger partial charge in [-0.25, -0.2) is 4.39 Å². The summed E-state index contributed by atoms with van der Waals surface area (Å²) in [6.07, 6.45) is 4.26. The lowest BCUT2D eigenvalue weighted by molar-refractivity contribution is 0.100. The summed E-state index contributed by atoms with van der Waals surface area (Å²) in [6, 6.07) is 14.0. The number of halogens is 2. The molecule has 2 bridgehead atoms. The smallest absolute Gasteiger partial charge is 0.319 e. The molecule has 3 unspecified atom stereocenters. The van der Waals surface area contributed by atoms with Crippen molar-refractivity contribution < 1.29 is 14.2 Å². The van der Waals surface area contributed by atoms with E-state index in [1.165, 1.54) is 0 Å². The van der Waals surface area contributed by atoms with Gasteiger partial charge in [0, 0.05) is 42.2 Å². The Kier molecular flexibility index (Phi) is 6.21.